The van der Waals surface area contributed by atoms with Crippen LogP contribution in [0.15, 0.2) is 59.1 Å². The first-order valence-electron chi connectivity index (χ1n) is 10.4. The standard InChI is InChI=1S/C23H26N4O3S/c1-3-29-18-11-7-10-17(13-18)21-25-20(30-27-21)14-31-23-24-15(2)19(22(28)26-23)12-16-8-5-4-6-9-16/h4-11,13,15,19,23-24H,3,12,14H2,1-2H3,(H,26,28). The fourth-order valence-electron chi connectivity index (χ4n) is 3.56. The molecule has 31 heavy (non-hydrogen) atoms. The Morgan fingerprint density at radius 1 is 1.16 bits per heavy atom. The van der Waals surface area contributed by atoms with Crippen LogP contribution < -0.4 is 15.4 Å². The van der Waals surface area contributed by atoms with E-state index in [1.54, 1.807) is 0 Å². The van der Waals surface area contributed by atoms with Gasteiger partial charge in [-0.05, 0) is 38.0 Å². The van der Waals surface area contributed by atoms with Crippen molar-refractivity contribution in [3.05, 3.63) is 66.1 Å². The van der Waals surface area contributed by atoms with Gasteiger partial charge in [-0.25, -0.2) is 0 Å². The van der Waals surface area contributed by atoms with E-state index in [-0.39, 0.29) is 23.4 Å². The Hall–Kier alpha value is -2.84. The van der Waals surface area contributed by atoms with Crippen LogP contribution in [0.3, 0.4) is 0 Å². The molecule has 3 aromatic rings. The monoisotopic (exact) mass is 438 g/mol. The van der Waals surface area contributed by atoms with Gasteiger partial charge in [0.05, 0.1) is 18.3 Å². The zero-order valence-electron chi connectivity index (χ0n) is 17.6. The van der Waals surface area contributed by atoms with Crippen molar-refractivity contribution < 1.29 is 14.1 Å². The lowest BCUT2D eigenvalue weighted by molar-refractivity contribution is -0.128. The summed E-state index contributed by atoms with van der Waals surface area (Å²) < 4.78 is 10.9. The summed E-state index contributed by atoms with van der Waals surface area (Å²) in [5, 5.41) is 10.6. The third kappa shape index (κ3) is 5.45. The largest absolute Gasteiger partial charge is 0.494 e. The van der Waals surface area contributed by atoms with Crippen molar-refractivity contribution in [2.24, 2.45) is 5.92 Å². The molecule has 0 saturated carbocycles. The van der Waals surface area contributed by atoms with Crippen molar-refractivity contribution in [1.29, 1.82) is 0 Å². The van der Waals surface area contributed by atoms with Crippen LogP contribution in [0.2, 0.25) is 0 Å². The third-order valence-electron chi connectivity index (χ3n) is 5.17. The molecule has 2 N–H and O–H groups in total. The minimum Gasteiger partial charge on any atom is -0.494 e. The van der Waals surface area contributed by atoms with Crippen molar-refractivity contribution in [3.63, 3.8) is 0 Å². The van der Waals surface area contributed by atoms with E-state index in [1.807, 2.05) is 49.4 Å². The lowest BCUT2D eigenvalue weighted by atomic mass is 9.91. The molecule has 0 aliphatic carbocycles. The molecule has 2 heterocycles. The summed E-state index contributed by atoms with van der Waals surface area (Å²) in [6.45, 7) is 4.59. The Balaban J connectivity index is 1.32. The molecular weight excluding hydrogens is 412 g/mol. The van der Waals surface area contributed by atoms with Crippen LogP contribution in [-0.4, -0.2) is 34.2 Å². The molecule has 1 aromatic heterocycles. The summed E-state index contributed by atoms with van der Waals surface area (Å²) in [5.41, 5.74) is 1.80. The highest BCUT2D eigenvalue weighted by Gasteiger charge is 2.33. The molecule has 1 saturated heterocycles. The fraction of sp³-hybridized carbons (Fsp3) is 0.348. The second-order valence-electron chi connectivity index (χ2n) is 7.42. The van der Waals surface area contributed by atoms with Gasteiger partial charge in [-0.3, -0.25) is 10.1 Å². The number of rotatable bonds is 8. The van der Waals surface area contributed by atoms with Crippen LogP contribution in [0.5, 0.6) is 5.75 Å². The van der Waals surface area contributed by atoms with Crippen molar-refractivity contribution in [1.82, 2.24) is 20.8 Å². The number of nitrogens with one attached hydrogen (secondary N) is 2. The molecule has 3 atom stereocenters. The van der Waals surface area contributed by atoms with Gasteiger partial charge in [0.25, 0.3) is 0 Å². The maximum absolute atomic E-state index is 12.7. The molecule has 0 radical (unpaired) electrons. The van der Waals surface area contributed by atoms with Crippen molar-refractivity contribution in [2.75, 3.05) is 6.61 Å². The fourth-order valence-corrected chi connectivity index (χ4v) is 4.50. The highest BCUT2D eigenvalue weighted by atomic mass is 32.2. The Labute approximate surface area is 186 Å². The summed E-state index contributed by atoms with van der Waals surface area (Å²) >= 11 is 1.52. The third-order valence-corrected chi connectivity index (χ3v) is 6.17. The Morgan fingerprint density at radius 2 is 2.00 bits per heavy atom. The highest BCUT2D eigenvalue weighted by Crippen LogP contribution is 2.25. The average molecular weight is 439 g/mol. The van der Waals surface area contributed by atoms with E-state index in [1.165, 1.54) is 11.8 Å². The number of ether oxygens (including phenoxy) is 1. The number of benzene rings is 2. The average Bonchev–Trinajstić information content (AvgIpc) is 3.25. The summed E-state index contributed by atoms with van der Waals surface area (Å²) in [5.74, 6) is 2.25. The molecule has 0 spiro atoms. The van der Waals surface area contributed by atoms with E-state index in [9.17, 15) is 4.79 Å². The normalized spacial score (nSPS) is 21.0. The van der Waals surface area contributed by atoms with Gasteiger partial charge in [0.1, 0.15) is 11.2 Å². The molecule has 0 bridgehead atoms. The number of carbonyl (C=O) groups excluding carboxylic acids is 1. The number of hydrogen-bond acceptors (Lipinski definition) is 7. The van der Waals surface area contributed by atoms with E-state index >= 15 is 0 Å². The van der Waals surface area contributed by atoms with Gasteiger partial charge in [-0.2, -0.15) is 4.98 Å². The number of aromatic nitrogens is 2. The summed E-state index contributed by atoms with van der Waals surface area (Å²) in [7, 11) is 0. The molecule has 1 aliphatic heterocycles. The van der Waals surface area contributed by atoms with E-state index < -0.39 is 0 Å². The number of amides is 1. The van der Waals surface area contributed by atoms with Crippen LogP contribution in [0.4, 0.5) is 0 Å². The van der Waals surface area contributed by atoms with E-state index in [0.717, 1.165) is 16.9 Å². The van der Waals surface area contributed by atoms with Gasteiger partial charge in [0.2, 0.25) is 17.6 Å². The lowest BCUT2D eigenvalue weighted by Crippen LogP contribution is -2.59. The van der Waals surface area contributed by atoms with Gasteiger partial charge >= 0.3 is 0 Å². The first-order chi connectivity index (χ1) is 15.1. The smallest absolute Gasteiger partial charge is 0.237 e. The van der Waals surface area contributed by atoms with E-state index in [0.29, 0.717) is 30.5 Å². The van der Waals surface area contributed by atoms with Crippen LogP contribution in [0.25, 0.3) is 11.4 Å². The second kappa shape index (κ2) is 9.98. The quantitative estimate of drug-likeness (QED) is 0.555. The maximum atomic E-state index is 12.7. The molecule has 8 heteroatoms. The van der Waals surface area contributed by atoms with Crippen LogP contribution in [0.1, 0.15) is 25.3 Å². The zero-order valence-corrected chi connectivity index (χ0v) is 18.4. The summed E-state index contributed by atoms with van der Waals surface area (Å²) in [6.07, 6.45) is 0.714. The minimum absolute atomic E-state index is 0.0611. The molecule has 1 fully saturated rings. The Kier molecular flexibility index (Phi) is 6.89. The van der Waals surface area contributed by atoms with Crippen molar-refractivity contribution in [3.8, 4) is 17.1 Å². The molecule has 7 nitrogen and oxygen atoms in total. The molecule has 3 unspecified atom stereocenters. The van der Waals surface area contributed by atoms with Gasteiger partial charge in [0, 0.05) is 11.6 Å². The predicted octanol–water partition coefficient (Wildman–Crippen LogP) is 3.62. The zero-order chi connectivity index (χ0) is 21.6. The first kappa shape index (κ1) is 21.4. The Morgan fingerprint density at radius 3 is 2.77 bits per heavy atom. The van der Waals surface area contributed by atoms with Crippen LogP contribution in [0, 0.1) is 5.92 Å². The van der Waals surface area contributed by atoms with Gasteiger partial charge in [0.15, 0.2) is 0 Å². The van der Waals surface area contributed by atoms with Crippen LogP contribution >= 0.6 is 11.8 Å². The number of nitrogens with zero attached hydrogens (tertiary/aromatic N) is 2. The second-order valence-corrected chi connectivity index (χ2v) is 8.52. The number of thioether (sulfide) groups is 1. The molecule has 162 valence electrons. The topological polar surface area (TPSA) is 89.3 Å². The van der Waals surface area contributed by atoms with E-state index in [4.69, 9.17) is 9.26 Å². The van der Waals surface area contributed by atoms with Crippen LogP contribution in [-0.2, 0) is 17.0 Å². The Bertz CT molecular complexity index is 1010. The molecule has 1 amide bonds. The van der Waals surface area contributed by atoms with Gasteiger partial charge in [-0.1, -0.05) is 47.6 Å². The SMILES string of the molecule is CCOc1cccc(-c2noc(CSC3NC(=O)C(Cc4ccccc4)C(C)N3)n2)c1. The van der Waals surface area contributed by atoms with Gasteiger partial charge in [-0.15, -0.1) is 11.8 Å². The molecule has 1 aliphatic rings. The van der Waals surface area contributed by atoms with Gasteiger partial charge < -0.3 is 14.6 Å². The highest BCUT2D eigenvalue weighted by molar-refractivity contribution is 7.99. The predicted molar refractivity (Wildman–Crippen MR) is 120 cm³/mol. The molecular formula is C23H26N4O3S. The number of carbonyl (C=O) groups is 1. The van der Waals surface area contributed by atoms with Crippen molar-refractivity contribution in [2.45, 2.75) is 37.6 Å². The lowest BCUT2D eigenvalue weighted by Gasteiger charge is -2.35. The summed E-state index contributed by atoms with van der Waals surface area (Å²) in [6, 6.07) is 17.8. The summed E-state index contributed by atoms with van der Waals surface area (Å²) in [4.78, 5) is 17.2. The number of hydrogen-bond donors (Lipinski definition) is 2. The molecule has 2 aromatic carbocycles. The first-order valence-corrected chi connectivity index (χ1v) is 11.4. The van der Waals surface area contributed by atoms with Crippen molar-refractivity contribution >= 4 is 17.7 Å². The minimum atomic E-state index is -0.203. The van der Waals surface area contributed by atoms with E-state index in [2.05, 4.69) is 39.8 Å². The molecule has 4 rings (SSSR count). The maximum Gasteiger partial charge on any atom is 0.237 e.